The molecule has 1 heterocycles. The highest BCUT2D eigenvalue weighted by molar-refractivity contribution is 5.93. The molecule has 1 N–H and O–H groups in total. The van der Waals surface area contributed by atoms with E-state index in [-0.39, 0.29) is 5.78 Å². The van der Waals surface area contributed by atoms with Gasteiger partial charge in [0.05, 0.1) is 5.56 Å². The van der Waals surface area contributed by atoms with Crippen molar-refractivity contribution in [3.05, 3.63) is 30.1 Å². The maximum Gasteiger partial charge on any atom is 0.405 e. The van der Waals surface area contributed by atoms with Crippen LogP contribution >= 0.6 is 0 Å². The van der Waals surface area contributed by atoms with E-state index in [1.165, 1.54) is 30.8 Å². The van der Waals surface area contributed by atoms with E-state index < -0.39 is 24.7 Å². The Morgan fingerprint density at radius 3 is 2.58 bits per heavy atom. The van der Waals surface area contributed by atoms with Gasteiger partial charge in [0.25, 0.3) is 5.91 Å². The summed E-state index contributed by atoms with van der Waals surface area (Å²) < 4.78 is 37.3. The largest absolute Gasteiger partial charge is 0.405 e. The summed E-state index contributed by atoms with van der Waals surface area (Å²) in [6, 6.07) is 2.30. The number of aromatic nitrogens is 1. The Morgan fingerprint density at radius 2 is 2.05 bits per heavy atom. The number of amides is 1. The Balaban J connectivity index is 2.77. The first-order valence-electron chi connectivity index (χ1n) is 5.57. The molecule has 0 aliphatic carbocycles. The van der Waals surface area contributed by atoms with Crippen molar-refractivity contribution in [2.24, 2.45) is 0 Å². The summed E-state index contributed by atoms with van der Waals surface area (Å²) in [7, 11) is 0. The van der Waals surface area contributed by atoms with Gasteiger partial charge in [-0.2, -0.15) is 17.7 Å². The Bertz CT molecular complexity index is 486. The van der Waals surface area contributed by atoms with Crippen molar-refractivity contribution in [1.82, 2.24) is 5.32 Å². The number of ketones is 1. The van der Waals surface area contributed by atoms with E-state index in [0.717, 1.165) is 0 Å². The number of carbonyl (C=O) groups excluding carboxylic acids is 2. The number of hydrogen-bond donors (Lipinski definition) is 1. The predicted octanol–water partition coefficient (Wildman–Crippen LogP) is 1.42. The van der Waals surface area contributed by atoms with Crippen LogP contribution in [-0.4, -0.2) is 24.4 Å². The smallest absolute Gasteiger partial charge is 0.341 e. The molecule has 1 amide bonds. The van der Waals surface area contributed by atoms with Crippen LogP contribution in [0.15, 0.2) is 24.5 Å². The normalized spacial score (nSPS) is 12.9. The first kappa shape index (κ1) is 15.1. The molecule has 0 aromatic carbocycles. The number of hydrogen-bond acceptors (Lipinski definition) is 2. The number of halogens is 3. The summed E-state index contributed by atoms with van der Waals surface area (Å²) in [5, 5.41) is 1.80. The number of nitrogens with zero attached hydrogens (tertiary/aromatic N) is 1. The fourth-order valence-electron chi connectivity index (χ4n) is 1.41. The van der Waals surface area contributed by atoms with Crippen molar-refractivity contribution in [2.75, 3.05) is 6.54 Å². The van der Waals surface area contributed by atoms with Crippen molar-refractivity contribution < 1.29 is 27.3 Å². The SMILES string of the molecule is CC(=O)c1ccc[n+]([C@H](C)C(=O)NCC(F)(F)F)c1. The minimum absolute atomic E-state index is 0.183. The lowest BCUT2D eigenvalue weighted by molar-refractivity contribution is -0.706. The zero-order valence-electron chi connectivity index (χ0n) is 10.5. The number of pyridine rings is 1. The van der Waals surface area contributed by atoms with Gasteiger partial charge < -0.3 is 5.32 Å². The second-order valence-electron chi connectivity index (χ2n) is 4.10. The van der Waals surface area contributed by atoms with Crippen molar-refractivity contribution in [1.29, 1.82) is 0 Å². The third kappa shape index (κ3) is 4.69. The van der Waals surface area contributed by atoms with E-state index >= 15 is 0 Å². The molecule has 1 aromatic rings. The number of carbonyl (C=O) groups is 2. The average molecular weight is 275 g/mol. The second-order valence-corrected chi connectivity index (χ2v) is 4.10. The maximum atomic E-state index is 12.0. The van der Waals surface area contributed by atoms with Crippen molar-refractivity contribution in [3.8, 4) is 0 Å². The highest BCUT2D eigenvalue weighted by Gasteiger charge is 2.30. The van der Waals surface area contributed by atoms with Gasteiger partial charge in [-0.15, -0.1) is 0 Å². The number of Topliss-reactive ketones (excluding diaryl/α,β-unsaturated/α-hetero) is 1. The van der Waals surface area contributed by atoms with Gasteiger partial charge in [-0.05, 0) is 13.0 Å². The van der Waals surface area contributed by atoms with Crippen LogP contribution in [0.4, 0.5) is 13.2 Å². The van der Waals surface area contributed by atoms with Crippen LogP contribution in [0.25, 0.3) is 0 Å². The van der Waals surface area contributed by atoms with E-state index in [2.05, 4.69) is 0 Å². The molecule has 0 saturated carbocycles. The van der Waals surface area contributed by atoms with Crippen molar-refractivity contribution in [2.45, 2.75) is 26.1 Å². The molecular formula is C12H14F3N2O2+. The molecule has 1 rings (SSSR count). The van der Waals surface area contributed by atoms with Crippen LogP contribution in [0.1, 0.15) is 30.2 Å². The van der Waals surface area contributed by atoms with Gasteiger partial charge in [-0.1, -0.05) is 0 Å². The van der Waals surface area contributed by atoms with Crippen LogP contribution in [-0.2, 0) is 4.79 Å². The molecule has 0 bridgehead atoms. The van der Waals surface area contributed by atoms with E-state index in [1.807, 2.05) is 0 Å². The highest BCUT2D eigenvalue weighted by Crippen LogP contribution is 2.12. The monoisotopic (exact) mass is 275 g/mol. The van der Waals surface area contributed by atoms with Crippen LogP contribution < -0.4 is 9.88 Å². The topological polar surface area (TPSA) is 50.0 Å². The van der Waals surface area contributed by atoms with Gasteiger partial charge in [0, 0.05) is 13.0 Å². The molecule has 0 unspecified atom stereocenters. The summed E-state index contributed by atoms with van der Waals surface area (Å²) in [4.78, 5) is 22.7. The third-order valence-electron chi connectivity index (χ3n) is 2.52. The Kier molecular flexibility index (Phi) is 4.63. The van der Waals surface area contributed by atoms with Gasteiger partial charge in [0.2, 0.25) is 6.04 Å². The zero-order chi connectivity index (χ0) is 14.6. The molecule has 0 fully saturated rings. The first-order chi connectivity index (χ1) is 8.70. The summed E-state index contributed by atoms with van der Waals surface area (Å²) in [6.07, 6.45) is -1.49. The fourth-order valence-corrected chi connectivity index (χ4v) is 1.41. The minimum Gasteiger partial charge on any atom is -0.341 e. The van der Waals surface area contributed by atoms with Crippen LogP contribution in [0.3, 0.4) is 0 Å². The Hall–Kier alpha value is -1.92. The molecule has 0 radical (unpaired) electrons. The standard InChI is InChI=1S/C12H13F3N2O2/c1-8(11(19)16-7-12(13,14)15)17-5-3-4-10(6-17)9(2)18/h3-6,8H,7H2,1-2H3/p+1/t8-/m1/s1. The average Bonchev–Trinajstić information content (AvgIpc) is 2.34. The Morgan fingerprint density at radius 1 is 1.42 bits per heavy atom. The summed E-state index contributed by atoms with van der Waals surface area (Å²) in [5.41, 5.74) is 0.387. The minimum atomic E-state index is -4.44. The molecule has 19 heavy (non-hydrogen) atoms. The third-order valence-corrected chi connectivity index (χ3v) is 2.52. The molecule has 0 aliphatic heterocycles. The zero-order valence-corrected chi connectivity index (χ0v) is 10.5. The lowest BCUT2D eigenvalue weighted by Gasteiger charge is -2.10. The highest BCUT2D eigenvalue weighted by atomic mass is 19.4. The Labute approximate surface area is 108 Å². The fraction of sp³-hybridized carbons (Fsp3) is 0.417. The maximum absolute atomic E-state index is 12.0. The molecule has 104 valence electrons. The van der Waals surface area contributed by atoms with Gasteiger partial charge in [-0.25, -0.2) is 0 Å². The number of rotatable bonds is 4. The predicted molar refractivity (Wildman–Crippen MR) is 60.4 cm³/mol. The molecule has 1 atom stereocenters. The van der Waals surface area contributed by atoms with E-state index in [0.29, 0.717) is 5.56 Å². The summed E-state index contributed by atoms with van der Waals surface area (Å²) in [6.45, 7) is 1.45. The lowest BCUT2D eigenvalue weighted by atomic mass is 10.2. The van der Waals surface area contributed by atoms with Crippen molar-refractivity contribution in [3.63, 3.8) is 0 Å². The molecule has 4 nitrogen and oxygen atoms in total. The number of alkyl halides is 3. The first-order valence-corrected chi connectivity index (χ1v) is 5.57. The lowest BCUT2D eigenvalue weighted by Crippen LogP contribution is -2.48. The van der Waals surface area contributed by atoms with E-state index in [9.17, 15) is 22.8 Å². The molecule has 0 saturated heterocycles. The van der Waals surface area contributed by atoms with Crippen molar-refractivity contribution >= 4 is 11.7 Å². The summed E-state index contributed by atoms with van der Waals surface area (Å²) >= 11 is 0. The van der Waals surface area contributed by atoms with Gasteiger partial charge in [0.1, 0.15) is 6.54 Å². The van der Waals surface area contributed by atoms with Gasteiger partial charge in [0.15, 0.2) is 18.2 Å². The van der Waals surface area contributed by atoms with E-state index in [1.54, 1.807) is 17.4 Å². The molecule has 7 heteroatoms. The quantitative estimate of drug-likeness (QED) is 0.667. The van der Waals surface area contributed by atoms with E-state index in [4.69, 9.17) is 0 Å². The summed E-state index contributed by atoms with van der Waals surface area (Å²) in [5.74, 6) is -0.944. The van der Waals surface area contributed by atoms with Crippen LogP contribution in [0, 0.1) is 0 Å². The molecule has 1 aromatic heterocycles. The van der Waals surface area contributed by atoms with Gasteiger partial charge >= 0.3 is 6.18 Å². The van der Waals surface area contributed by atoms with Crippen LogP contribution in [0.5, 0.6) is 0 Å². The number of nitrogens with one attached hydrogen (secondary N) is 1. The molecule has 0 aliphatic rings. The molecular weight excluding hydrogens is 261 g/mol. The van der Waals surface area contributed by atoms with Crippen LogP contribution in [0.2, 0.25) is 0 Å². The van der Waals surface area contributed by atoms with Gasteiger partial charge in [-0.3, -0.25) is 9.59 Å². The second kappa shape index (κ2) is 5.81. The molecule has 0 spiro atoms.